The maximum Gasteiger partial charge on any atom is 0.204 e. The molecule has 7 heteroatoms. The molecular formula is C25H31N7. The summed E-state index contributed by atoms with van der Waals surface area (Å²) in [7, 11) is 0. The van der Waals surface area contributed by atoms with Crippen LogP contribution in [-0.2, 0) is 13.1 Å². The fourth-order valence-corrected chi connectivity index (χ4v) is 4.16. The standard InChI is InChI=1S/C25H31N7/c26-20-22-10-12-23(13-11-22)21-31-16-7-15-30(18-19-31)14-5-2-6-17-32-28-25(27-29-32)24-8-3-1-4-9-24/h1,3-4,8-13H,2,5-7,14-19,21H2. The molecular weight excluding hydrogens is 398 g/mol. The van der Waals surface area contributed by atoms with Gasteiger partial charge in [0.2, 0.25) is 5.82 Å². The van der Waals surface area contributed by atoms with Crippen molar-refractivity contribution in [1.29, 1.82) is 5.26 Å². The van der Waals surface area contributed by atoms with Crippen molar-refractivity contribution in [3.05, 3.63) is 65.7 Å². The van der Waals surface area contributed by atoms with Gasteiger partial charge in [0.1, 0.15) is 0 Å². The molecule has 4 rings (SSSR count). The molecule has 0 radical (unpaired) electrons. The van der Waals surface area contributed by atoms with Gasteiger partial charge in [-0.05, 0) is 61.8 Å². The number of hydrogen-bond donors (Lipinski definition) is 0. The van der Waals surface area contributed by atoms with Crippen LogP contribution in [0.2, 0.25) is 0 Å². The van der Waals surface area contributed by atoms with Crippen LogP contribution in [0.5, 0.6) is 0 Å². The van der Waals surface area contributed by atoms with Gasteiger partial charge in [-0.3, -0.25) is 4.90 Å². The lowest BCUT2D eigenvalue weighted by molar-refractivity contribution is 0.248. The molecule has 0 N–H and O–H groups in total. The number of aromatic nitrogens is 4. The Morgan fingerprint density at radius 1 is 0.812 bits per heavy atom. The van der Waals surface area contributed by atoms with E-state index in [1.54, 1.807) is 4.80 Å². The van der Waals surface area contributed by atoms with Crippen molar-refractivity contribution < 1.29 is 0 Å². The average Bonchev–Trinajstić information content (AvgIpc) is 3.20. The molecule has 0 atom stereocenters. The summed E-state index contributed by atoms with van der Waals surface area (Å²) in [6.07, 6.45) is 4.66. The third-order valence-corrected chi connectivity index (χ3v) is 5.99. The molecule has 2 heterocycles. The molecule has 1 aromatic heterocycles. The highest BCUT2D eigenvalue weighted by atomic mass is 15.6. The Hall–Kier alpha value is -3.08. The van der Waals surface area contributed by atoms with Gasteiger partial charge in [0.25, 0.3) is 0 Å². The minimum Gasteiger partial charge on any atom is -0.302 e. The third kappa shape index (κ3) is 6.46. The fourth-order valence-electron chi connectivity index (χ4n) is 4.16. The summed E-state index contributed by atoms with van der Waals surface area (Å²) in [6, 6.07) is 20.2. The number of nitriles is 1. The van der Waals surface area contributed by atoms with E-state index in [1.165, 1.54) is 31.4 Å². The zero-order valence-corrected chi connectivity index (χ0v) is 18.6. The Morgan fingerprint density at radius 2 is 1.56 bits per heavy atom. The van der Waals surface area contributed by atoms with Crippen LogP contribution in [0.25, 0.3) is 11.4 Å². The van der Waals surface area contributed by atoms with E-state index in [9.17, 15) is 0 Å². The monoisotopic (exact) mass is 429 g/mol. The maximum absolute atomic E-state index is 8.95. The van der Waals surface area contributed by atoms with Crippen LogP contribution >= 0.6 is 0 Å². The molecule has 0 spiro atoms. The van der Waals surface area contributed by atoms with E-state index in [0.29, 0.717) is 5.82 Å². The van der Waals surface area contributed by atoms with Gasteiger partial charge in [0.05, 0.1) is 18.2 Å². The lowest BCUT2D eigenvalue weighted by Gasteiger charge is -2.22. The first-order valence-electron chi connectivity index (χ1n) is 11.6. The molecule has 0 amide bonds. The first-order chi connectivity index (χ1) is 15.8. The molecule has 0 bridgehead atoms. The van der Waals surface area contributed by atoms with Gasteiger partial charge in [-0.15, -0.1) is 10.2 Å². The second kappa shape index (κ2) is 11.5. The lowest BCUT2D eigenvalue weighted by Crippen LogP contribution is -2.31. The molecule has 3 aromatic rings. The van der Waals surface area contributed by atoms with E-state index in [1.807, 2.05) is 42.5 Å². The van der Waals surface area contributed by atoms with Crippen molar-refractivity contribution in [2.75, 3.05) is 32.7 Å². The summed E-state index contributed by atoms with van der Waals surface area (Å²) >= 11 is 0. The van der Waals surface area contributed by atoms with Crippen LogP contribution < -0.4 is 0 Å². The van der Waals surface area contributed by atoms with E-state index in [4.69, 9.17) is 5.26 Å². The highest BCUT2D eigenvalue weighted by Crippen LogP contribution is 2.13. The summed E-state index contributed by atoms with van der Waals surface area (Å²) < 4.78 is 0. The Labute approximate surface area is 190 Å². The number of tetrazole rings is 1. The predicted octanol–water partition coefficient (Wildman–Crippen LogP) is 3.59. The van der Waals surface area contributed by atoms with E-state index in [-0.39, 0.29) is 0 Å². The average molecular weight is 430 g/mol. The molecule has 166 valence electrons. The zero-order valence-electron chi connectivity index (χ0n) is 18.6. The third-order valence-electron chi connectivity index (χ3n) is 5.99. The number of nitrogens with zero attached hydrogens (tertiary/aromatic N) is 7. The zero-order chi connectivity index (χ0) is 22.0. The minimum absolute atomic E-state index is 0.695. The normalized spacial score (nSPS) is 15.3. The maximum atomic E-state index is 8.95. The number of benzene rings is 2. The lowest BCUT2D eigenvalue weighted by atomic mass is 10.1. The highest BCUT2D eigenvalue weighted by Gasteiger charge is 2.14. The summed E-state index contributed by atoms with van der Waals surface area (Å²) in [5.41, 5.74) is 3.02. The summed E-state index contributed by atoms with van der Waals surface area (Å²) in [4.78, 5) is 6.84. The van der Waals surface area contributed by atoms with Gasteiger partial charge in [0.15, 0.2) is 0 Å². The topological polar surface area (TPSA) is 73.9 Å². The van der Waals surface area contributed by atoms with E-state index < -0.39 is 0 Å². The van der Waals surface area contributed by atoms with Crippen molar-refractivity contribution in [2.24, 2.45) is 0 Å². The number of unbranched alkanes of at least 4 members (excludes halogenated alkanes) is 2. The quantitative estimate of drug-likeness (QED) is 0.484. The Balaban J connectivity index is 1.12. The smallest absolute Gasteiger partial charge is 0.204 e. The van der Waals surface area contributed by atoms with Gasteiger partial charge in [-0.25, -0.2) is 0 Å². The molecule has 0 unspecified atom stereocenters. The molecule has 1 fully saturated rings. The van der Waals surface area contributed by atoms with Crippen molar-refractivity contribution in [1.82, 2.24) is 30.0 Å². The molecule has 32 heavy (non-hydrogen) atoms. The van der Waals surface area contributed by atoms with Gasteiger partial charge in [-0.2, -0.15) is 10.1 Å². The van der Waals surface area contributed by atoms with E-state index in [2.05, 4.69) is 43.4 Å². The molecule has 1 aliphatic heterocycles. The second-order valence-corrected chi connectivity index (χ2v) is 8.42. The minimum atomic E-state index is 0.695. The summed E-state index contributed by atoms with van der Waals surface area (Å²) in [6.45, 7) is 7.48. The first kappa shape index (κ1) is 22.1. The van der Waals surface area contributed by atoms with Crippen molar-refractivity contribution >= 4 is 0 Å². The molecule has 1 aliphatic rings. The van der Waals surface area contributed by atoms with E-state index in [0.717, 1.165) is 56.8 Å². The fraction of sp³-hybridized carbons (Fsp3) is 0.440. The first-order valence-corrected chi connectivity index (χ1v) is 11.6. The van der Waals surface area contributed by atoms with Crippen LogP contribution in [0.3, 0.4) is 0 Å². The van der Waals surface area contributed by atoms with Gasteiger partial charge in [0, 0.05) is 25.2 Å². The van der Waals surface area contributed by atoms with Crippen LogP contribution in [0.15, 0.2) is 54.6 Å². The van der Waals surface area contributed by atoms with Crippen molar-refractivity contribution in [3.63, 3.8) is 0 Å². The SMILES string of the molecule is N#Cc1ccc(CN2CCCN(CCCCCn3nnc(-c4ccccc4)n3)CC2)cc1. The van der Waals surface area contributed by atoms with Crippen LogP contribution in [0.4, 0.5) is 0 Å². The Bertz CT molecular complexity index is 991. The second-order valence-electron chi connectivity index (χ2n) is 8.42. The van der Waals surface area contributed by atoms with Crippen molar-refractivity contribution in [2.45, 2.75) is 38.8 Å². The number of rotatable bonds is 9. The van der Waals surface area contributed by atoms with Crippen molar-refractivity contribution in [3.8, 4) is 17.5 Å². The molecule has 2 aromatic carbocycles. The summed E-state index contributed by atoms with van der Waals surface area (Å²) in [5, 5.41) is 21.8. The largest absolute Gasteiger partial charge is 0.302 e. The summed E-state index contributed by atoms with van der Waals surface area (Å²) in [5.74, 6) is 0.695. The number of hydrogen-bond acceptors (Lipinski definition) is 6. The Kier molecular flexibility index (Phi) is 7.96. The predicted molar refractivity (Wildman–Crippen MR) is 125 cm³/mol. The Morgan fingerprint density at radius 3 is 2.38 bits per heavy atom. The molecule has 1 saturated heterocycles. The molecule has 0 aliphatic carbocycles. The van der Waals surface area contributed by atoms with Gasteiger partial charge in [-0.1, -0.05) is 48.9 Å². The van der Waals surface area contributed by atoms with Gasteiger partial charge >= 0.3 is 0 Å². The van der Waals surface area contributed by atoms with Crippen LogP contribution in [-0.4, -0.2) is 62.7 Å². The number of aryl methyl sites for hydroxylation is 1. The molecule has 0 saturated carbocycles. The highest BCUT2D eigenvalue weighted by molar-refractivity contribution is 5.52. The molecule has 7 nitrogen and oxygen atoms in total. The van der Waals surface area contributed by atoms with Gasteiger partial charge < -0.3 is 4.90 Å². The van der Waals surface area contributed by atoms with Crippen LogP contribution in [0, 0.1) is 11.3 Å². The van der Waals surface area contributed by atoms with E-state index >= 15 is 0 Å². The van der Waals surface area contributed by atoms with Crippen LogP contribution in [0.1, 0.15) is 36.8 Å².